The van der Waals surface area contributed by atoms with Gasteiger partial charge in [0.15, 0.2) is 0 Å². The Hall–Kier alpha value is -2.09. The molecule has 1 unspecified atom stereocenters. The van der Waals surface area contributed by atoms with E-state index in [2.05, 4.69) is 10.4 Å². The van der Waals surface area contributed by atoms with Gasteiger partial charge in [-0.25, -0.2) is 4.79 Å². The average molecular weight is 350 g/mol. The molecule has 1 aromatic heterocycles. The second-order valence-corrected chi connectivity index (χ2v) is 7.54. The zero-order valence-corrected chi connectivity index (χ0v) is 15.3. The molecule has 2 aliphatic heterocycles. The molecule has 0 spiro atoms. The molecule has 0 bridgehead atoms. The number of rotatable bonds is 2. The molecule has 25 heavy (non-hydrogen) atoms. The zero-order chi connectivity index (χ0) is 18.2. The first-order valence-electron chi connectivity index (χ1n) is 8.70. The van der Waals surface area contributed by atoms with Crippen LogP contribution in [0.5, 0.6) is 0 Å². The third-order valence-corrected chi connectivity index (χ3v) is 4.31. The van der Waals surface area contributed by atoms with Gasteiger partial charge >= 0.3 is 6.09 Å². The lowest BCUT2D eigenvalue weighted by Gasteiger charge is -2.30. The number of aromatic nitrogens is 2. The minimum Gasteiger partial charge on any atom is -0.444 e. The Kier molecular flexibility index (Phi) is 4.73. The number of aryl methyl sites for hydroxylation is 1. The molecule has 8 heteroatoms. The highest BCUT2D eigenvalue weighted by molar-refractivity contribution is 5.94. The highest BCUT2D eigenvalue weighted by Gasteiger charge is 2.31. The van der Waals surface area contributed by atoms with Gasteiger partial charge in [0.1, 0.15) is 17.5 Å². The molecule has 1 saturated heterocycles. The van der Waals surface area contributed by atoms with E-state index in [0.29, 0.717) is 31.9 Å². The summed E-state index contributed by atoms with van der Waals surface area (Å²) in [7, 11) is 1.79. The van der Waals surface area contributed by atoms with E-state index in [1.807, 2.05) is 20.8 Å². The lowest BCUT2D eigenvalue weighted by atomic mass is 10.1. The number of amides is 2. The molecule has 3 rings (SSSR count). The van der Waals surface area contributed by atoms with Crippen LogP contribution in [0, 0.1) is 0 Å². The summed E-state index contributed by atoms with van der Waals surface area (Å²) in [5.41, 5.74) is 1.24. The van der Waals surface area contributed by atoms with Crippen LogP contribution in [0.4, 0.5) is 10.6 Å². The van der Waals surface area contributed by atoms with Crippen LogP contribution in [-0.4, -0.2) is 51.5 Å². The van der Waals surface area contributed by atoms with Crippen molar-refractivity contribution in [3.8, 4) is 0 Å². The van der Waals surface area contributed by atoms with Gasteiger partial charge in [-0.15, -0.1) is 0 Å². The van der Waals surface area contributed by atoms with Crippen LogP contribution in [0.25, 0.3) is 0 Å². The summed E-state index contributed by atoms with van der Waals surface area (Å²) >= 11 is 0. The maximum atomic E-state index is 12.4. The van der Waals surface area contributed by atoms with Crippen molar-refractivity contribution in [1.29, 1.82) is 0 Å². The molecule has 1 aromatic rings. The number of fused-ring (bicyclic) bond motifs is 1. The normalized spacial score (nSPS) is 20.3. The van der Waals surface area contributed by atoms with E-state index in [4.69, 9.17) is 9.47 Å². The maximum absolute atomic E-state index is 12.4. The van der Waals surface area contributed by atoms with Crippen LogP contribution in [0.15, 0.2) is 0 Å². The topological polar surface area (TPSA) is 85.7 Å². The van der Waals surface area contributed by atoms with Crippen LogP contribution in [-0.2, 0) is 34.3 Å². The zero-order valence-electron chi connectivity index (χ0n) is 15.3. The number of carbonyl (C=O) groups excluding carboxylic acids is 2. The van der Waals surface area contributed by atoms with Gasteiger partial charge in [-0.05, 0) is 33.6 Å². The third-order valence-electron chi connectivity index (χ3n) is 4.31. The second-order valence-electron chi connectivity index (χ2n) is 7.54. The molecule has 0 saturated carbocycles. The van der Waals surface area contributed by atoms with Gasteiger partial charge in [0.2, 0.25) is 0 Å². The molecule has 2 amide bonds. The Labute approximate surface area is 147 Å². The van der Waals surface area contributed by atoms with Gasteiger partial charge in [-0.1, -0.05) is 0 Å². The number of anilines is 1. The summed E-state index contributed by atoms with van der Waals surface area (Å²) in [5.74, 6) is 0.474. The molecule has 1 fully saturated rings. The smallest absolute Gasteiger partial charge is 0.410 e. The first-order valence-corrected chi connectivity index (χ1v) is 8.70. The van der Waals surface area contributed by atoms with Crippen molar-refractivity contribution in [2.24, 2.45) is 7.05 Å². The van der Waals surface area contributed by atoms with Crippen LogP contribution in [0.2, 0.25) is 0 Å². The molecule has 3 heterocycles. The lowest BCUT2D eigenvalue weighted by molar-refractivity contribution is -0.124. The molecule has 0 radical (unpaired) electrons. The second kappa shape index (κ2) is 6.67. The Morgan fingerprint density at radius 1 is 1.36 bits per heavy atom. The molecular weight excluding hydrogens is 324 g/mol. The monoisotopic (exact) mass is 350 g/mol. The van der Waals surface area contributed by atoms with Gasteiger partial charge in [-0.3, -0.25) is 9.48 Å². The molecular formula is C17H26N4O4. The van der Waals surface area contributed by atoms with Crippen molar-refractivity contribution in [2.45, 2.75) is 58.3 Å². The minimum atomic E-state index is -0.539. The number of hydrogen-bond acceptors (Lipinski definition) is 5. The van der Waals surface area contributed by atoms with Crippen molar-refractivity contribution in [1.82, 2.24) is 14.7 Å². The van der Waals surface area contributed by atoms with Gasteiger partial charge in [0, 0.05) is 32.2 Å². The highest BCUT2D eigenvalue weighted by atomic mass is 16.6. The Morgan fingerprint density at radius 2 is 2.12 bits per heavy atom. The molecule has 8 nitrogen and oxygen atoms in total. The fourth-order valence-electron chi connectivity index (χ4n) is 3.12. The molecule has 1 N–H and O–H groups in total. The SMILES string of the molecule is Cn1nc2c(c1NC(=O)C1CCCO1)CN(C(=O)OC(C)(C)C)CC2. The van der Waals surface area contributed by atoms with Crippen molar-refractivity contribution >= 4 is 17.8 Å². The highest BCUT2D eigenvalue weighted by Crippen LogP contribution is 2.27. The van der Waals surface area contributed by atoms with Crippen molar-refractivity contribution < 1.29 is 19.1 Å². The predicted molar refractivity (Wildman–Crippen MR) is 91.2 cm³/mol. The first-order chi connectivity index (χ1) is 11.7. The summed E-state index contributed by atoms with van der Waals surface area (Å²) in [5, 5.41) is 7.41. The number of nitrogens with one attached hydrogen (secondary N) is 1. The van der Waals surface area contributed by atoms with Crippen molar-refractivity contribution in [3.05, 3.63) is 11.3 Å². The van der Waals surface area contributed by atoms with Crippen molar-refractivity contribution in [2.75, 3.05) is 18.5 Å². The summed E-state index contributed by atoms with van der Waals surface area (Å²) in [4.78, 5) is 26.4. The predicted octanol–water partition coefficient (Wildman–Crippen LogP) is 1.83. The largest absolute Gasteiger partial charge is 0.444 e. The van der Waals surface area contributed by atoms with E-state index >= 15 is 0 Å². The van der Waals surface area contributed by atoms with Gasteiger partial charge in [0.25, 0.3) is 5.91 Å². The number of nitrogens with zero attached hydrogens (tertiary/aromatic N) is 3. The summed E-state index contributed by atoms with van der Waals surface area (Å²) in [6, 6.07) is 0. The van der Waals surface area contributed by atoms with E-state index in [0.717, 1.165) is 24.1 Å². The summed E-state index contributed by atoms with van der Waals surface area (Å²) < 4.78 is 12.6. The Bertz CT molecular complexity index is 671. The molecule has 0 aliphatic carbocycles. The average Bonchev–Trinajstić information content (AvgIpc) is 3.14. The Balaban J connectivity index is 1.74. The van der Waals surface area contributed by atoms with E-state index in [1.54, 1.807) is 16.6 Å². The minimum absolute atomic E-state index is 0.155. The Morgan fingerprint density at radius 3 is 2.76 bits per heavy atom. The quantitative estimate of drug-likeness (QED) is 0.879. The van der Waals surface area contributed by atoms with Crippen LogP contribution < -0.4 is 5.32 Å². The van der Waals surface area contributed by atoms with E-state index in [1.165, 1.54) is 0 Å². The van der Waals surface area contributed by atoms with Crippen molar-refractivity contribution in [3.63, 3.8) is 0 Å². The van der Waals surface area contributed by atoms with Gasteiger partial charge in [0.05, 0.1) is 12.2 Å². The van der Waals surface area contributed by atoms with E-state index in [-0.39, 0.29) is 12.0 Å². The van der Waals surface area contributed by atoms with Gasteiger partial charge < -0.3 is 19.7 Å². The van der Waals surface area contributed by atoms with E-state index < -0.39 is 11.7 Å². The van der Waals surface area contributed by atoms with E-state index in [9.17, 15) is 9.59 Å². The first kappa shape index (κ1) is 17.7. The molecule has 138 valence electrons. The lowest BCUT2D eigenvalue weighted by Crippen LogP contribution is -2.40. The molecule has 0 aromatic carbocycles. The van der Waals surface area contributed by atoms with Crippen LogP contribution >= 0.6 is 0 Å². The molecule has 1 atom stereocenters. The summed E-state index contributed by atoms with van der Waals surface area (Å²) in [6.07, 6.45) is 1.51. The van der Waals surface area contributed by atoms with Crippen LogP contribution in [0.1, 0.15) is 44.9 Å². The standard InChI is InChI=1S/C17H26N4O4/c1-17(2,3)25-16(23)21-8-7-12-11(10-21)14(20(4)19-12)18-15(22)13-6-5-9-24-13/h13H,5-10H2,1-4H3,(H,18,22). The summed E-state index contributed by atoms with van der Waals surface area (Å²) in [6.45, 7) is 7.08. The fourth-order valence-corrected chi connectivity index (χ4v) is 3.12. The number of hydrogen-bond donors (Lipinski definition) is 1. The number of ether oxygens (including phenoxy) is 2. The number of carbonyl (C=O) groups is 2. The van der Waals surface area contributed by atoms with Crippen LogP contribution in [0.3, 0.4) is 0 Å². The fraction of sp³-hybridized carbons (Fsp3) is 0.706. The third kappa shape index (κ3) is 3.95. The van der Waals surface area contributed by atoms with Gasteiger partial charge in [-0.2, -0.15) is 5.10 Å². The molecule has 2 aliphatic rings. The maximum Gasteiger partial charge on any atom is 0.410 e.